The monoisotopic (exact) mass is 319 g/mol. The summed E-state index contributed by atoms with van der Waals surface area (Å²) >= 11 is 1.80. The number of hydrogen-bond donors (Lipinski definition) is 0. The van der Waals surface area contributed by atoms with E-state index in [2.05, 4.69) is 33.9 Å². The lowest BCUT2D eigenvalue weighted by Crippen LogP contribution is -2.38. The number of anilines is 1. The Kier molecular flexibility index (Phi) is 4.59. The summed E-state index contributed by atoms with van der Waals surface area (Å²) in [6, 6.07) is 6.22. The van der Waals surface area contributed by atoms with Gasteiger partial charge in [-0.25, -0.2) is 4.98 Å². The van der Waals surface area contributed by atoms with E-state index in [0.717, 1.165) is 24.7 Å². The average Bonchev–Trinajstić information content (AvgIpc) is 2.94. The summed E-state index contributed by atoms with van der Waals surface area (Å²) in [5.41, 5.74) is 0. The third kappa shape index (κ3) is 3.39. The van der Waals surface area contributed by atoms with Crippen LogP contribution < -0.4 is 9.64 Å². The van der Waals surface area contributed by atoms with Gasteiger partial charge in [0.2, 0.25) is 5.88 Å². The normalized spacial score (nSPS) is 18.5. The Labute approximate surface area is 134 Å². The molecule has 1 aliphatic rings. The Bertz CT molecular complexity index is 644. The molecule has 2 aromatic rings. The van der Waals surface area contributed by atoms with E-state index in [4.69, 9.17) is 9.47 Å². The molecule has 5 nitrogen and oxygen atoms in total. The maximum absolute atomic E-state index is 5.93. The molecule has 0 bridgehead atoms. The molecule has 0 saturated carbocycles. The van der Waals surface area contributed by atoms with E-state index in [1.165, 1.54) is 9.75 Å². The van der Waals surface area contributed by atoms with E-state index in [1.807, 2.05) is 19.9 Å². The van der Waals surface area contributed by atoms with Crippen molar-refractivity contribution in [2.45, 2.75) is 26.9 Å². The van der Waals surface area contributed by atoms with Crippen LogP contribution in [0.4, 0.5) is 5.82 Å². The van der Waals surface area contributed by atoms with E-state index in [1.54, 1.807) is 11.3 Å². The standard InChI is InChI=1S/C16H21N3O2S/c1-4-20-16-9-15(17-12(3)18-16)19-7-8-21-13(10-19)14-6-5-11(2)22-14/h5-6,9,13H,4,7-8,10H2,1-3H3. The van der Waals surface area contributed by atoms with Crippen LogP contribution in [0.25, 0.3) is 0 Å². The largest absolute Gasteiger partial charge is 0.478 e. The van der Waals surface area contributed by atoms with Gasteiger partial charge in [0.1, 0.15) is 17.7 Å². The first-order valence-corrected chi connectivity index (χ1v) is 8.38. The predicted octanol–water partition coefficient (Wildman–Crippen LogP) is 3.13. The molecule has 0 aromatic carbocycles. The van der Waals surface area contributed by atoms with Crippen molar-refractivity contribution in [2.24, 2.45) is 0 Å². The molecule has 1 saturated heterocycles. The number of aryl methyl sites for hydroxylation is 2. The first-order valence-electron chi connectivity index (χ1n) is 7.57. The van der Waals surface area contributed by atoms with Crippen molar-refractivity contribution >= 4 is 17.2 Å². The summed E-state index contributed by atoms with van der Waals surface area (Å²) in [4.78, 5) is 13.7. The third-order valence-electron chi connectivity index (χ3n) is 3.56. The fourth-order valence-electron chi connectivity index (χ4n) is 2.57. The van der Waals surface area contributed by atoms with Crippen molar-refractivity contribution in [3.8, 4) is 5.88 Å². The predicted molar refractivity (Wildman–Crippen MR) is 87.9 cm³/mol. The molecule has 0 radical (unpaired) electrons. The summed E-state index contributed by atoms with van der Waals surface area (Å²) in [5.74, 6) is 2.29. The van der Waals surface area contributed by atoms with Crippen LogP contribution in [-0.4, -0.2) is 36.3 Å². The first kappa shape index (κ1) is 15.2. The van der Waals surface area contributed by atoms with Crippen molar-refractivity contribution in [1.29, 1.82) is 0 Å². The van der Waals surface area contributed by atoms with Gasteiger partial charge in [0, 0.05) is 22.4 Å². The molecule has 1 unspecified atom stereocenters. The van der Waals surface area contributed by atoms with Gasteiger partial charge in [0.05, 0.1) is 19.8 Å². The van der Waals surface area contributed by atoms with E-state index in [9.17, 15) is 0 Å². The maximum Gasteiger partial charge on any atom is 0.218 e. The van der Waals surface area contributed by atoms with Crippen LogP contribution in [-0.2, 0) is 4.74 Å². The summed E-state index contributed by atoms with van der Waals surface area (Å²) in [6.45, 7) is 8.93. The van der Waals surface area contributed by atoms with E-state index in [0.29, 0.717) is 19.1 Å². The molecule has 3 rings (SSSR count). The highest BCUT2D eigenvalue weighted by Crippen LogP contribution is 2.30. The molecule has 1 atom stereocenters. The van der Waals surface area contributed by atoms with Crippen molar-refractivity contribution in [1.82, 2.24) is 9.97 Å². The lowest BCUT2D eigenvalue weighted by atomic mass is 10.2. The molecule has 0 amide bonds. The van der Waals surface area contributed by atoms with Crippen LogP contribution >= 0.6 is 11.3 Å². The number of rotatable bonds is 4. The van der Waals surface area contributed by atoms with Crippen LogP contribution in [0.2, 0.25) is 0 Å². The highest BCUT2D eigenvalue weighted by Gasteiger charge is 2.24. The van der Waals surface area contributed by atoms with Crippen molar-refractivity contribution in [3.63, 3.8) is 0 Å². The molecule has 22 heavy (non-hydrogen) atoms. The second-order valence-corrected chi connectivity index (χ2v) is 6.62. The third-order valence-corrected chi connectivity index (χ3v) is 4.65. The van der Waals surface area contributed by atoms with E-state index in [-0.39, 0.29) is 6.10 Å². The molecule has 6 heteroatoms. The molecular formula is C16H21N3O2S. The minimum Gasteiger partial charge on any atom is -0.478 e. The van der Waals surface area contributed by atoms with Gasteiger partial charge < -0.3 is 14.4 Å². The zero-order chi connectivity index (χ0) is 15.5. The molecule has 1 aliphatic heterocycles. The Balaban J connectivity index is 1.79. The summed E-state index contributed by atoms with van der Waals surface area (Å²) in [5, 5.41) is 0. The van der Waals surface area contributed by atoms with Crippen LogP contribution in [0, 0.1) is 13.8 Å². The Morgan fingerprint density at radius 3 is 2.95 bits per heavy atom. The van der Waals surface area contributed by atoms with Crippen LogP contribution in [0.1, 0.15) is 28.6 Å². The fourth-order valence-corrected chi connectivity index (χ4v) is 3.48. The molecule has 1 fully saturated rings. The SMILES string of the molecule is CCOc1cc(N2CCOC(c3ccc(C)s3)C2)nc(C)n1. The smallest absolute Gasteiger partial charge is 0.218 e. The van der Waals surface area contributed by atoms with Crippen LogP contribution in [0.3, 0.4) is 0 Å². The lowest BCUT2D eigenvalue weighted by Gasteiger charge is -2.33. The number of ether oxygens (including phenoxy) is 2. The fraction of sp³-hybridized carbons (Fsp3) is 0.500. The lowest BCUT2D eigenvalue weighted by molar-refractivity contribution is 0.0418. The Hall–Kier alpha value is -1.66. The van der Waals surface area contributed by atoms with Crippen molar-refractivity contribution in [3.05, 3.63) is 33.8 Å². The molecule has 2 aromatic heterocycles. The molecule has 0 spiro atoms. The second-order valence-electron chi connectivity index (χ2n) is 5.30. The highest BCUT2D eigenvalue weighted by molar-refractivity contribution is 7.12. The minimum absolute atomic E-state index is 0.110. The van der Waals surface area contributed by atoms with Crippen molar-refractivity contribution in [2.75, 3.05) is 31.2 Å². The number of aromatic nitrogens is 2. The number of morpholine rings is 1. The molecule has 3 heterocycles. The first-order chi connectivity index (χ1) is 10.7. The maximum atomic E-state index is 5.93. The zero-order valence-corrected chi connectivity index (χ0v) is 14.0. The molecule has 0 aliphatic carbocycles. The number of nitrogens with zero attached hydrogens (tertiary/aromatic N) is 3. The minimum atomic E-state index is 0.110. The number of hydrogen-bond acceptors (Lipinski definition) is 6. The topological polar surface area (TPSA) is 47.5 Å². The van der Waals surface area contributed by atoms with Crippen LogP contribution in [0.5, 0.6) is 5.88 Å². The Morgan fingerprint density at radius 2 is 2.23 bits per heavy atom. The molecular weight excluding hydrogens is 298 g/mol. The quantitative estimate of drug-likeness (QED) is 0.866. The Morgan fingerprint density at radius 1 is 1.36 bits per heavy atom. The summed E-state index contributed by atoms with van der Waals surface area (Å²) in [6.07, 6.45) is 0.110. The molecule has 118 valence electrons. The van der Waals surface area contributed by atoms with Crippen LogP contribution in [0.15, 0.2) is 18.2 Å². The van der Waals surface area contributed by atoms with Gasteiger partial charge >= 0.3 is 0 Å². The van der Waals surface area contributed by atoms with E-state index >= 15 is 0 Å². The summed E-state index contributed by atoms with van der Waals surface area (Å²) < 4.78 is 11.5. The van der Waals surface area contributed by atoms with E-state index < -0.39 is 0 Å². The number of thiophene rings is 1. The van der Waals surface area contributed by atoms with Gasteiger partial charge in [-0.1, -0.05) is 0 Å². The van der Waals surface area contributed by atoms with Gasteiger partial charge in [0.25, 0.3) is 0 Å². The second kappa shape index (κ2) is 6.62. The molecule has 0 N–H and O–H groups in total. The zero-order valence-electron chi connectivity index (χ0n) is 13.2. The van der Waals surface area contributed by atoms with Gasteiger partial charge in [0.15, 0.2) is 0 Å². The summed E-state index contributed by atoms with van der Waals surface area (Å²) in [7, 11) is 0. The van der Waals surface area contributed by atoms with Gasteiger partial charge in [-0.3, -0.25) is 0 Å². The van der Waals surface area contributed by atoms with Gasteiger partial charge in [-0.15, -0.1) is 11.3 Å². The average molecular weight is 319 g/mol. The van der Waals surface area contributed by atoms with Gasteiger partial charge in [-0.2, -0.15) is 4.98 Å². The highest BCUT2D eigenvalue weighted by atomic mass is 32.1. The van der Waals surface area contributed by atoms with Crippen molar-refractivity contribution < 1.29 is 9.47 Å². The van der Waals surface area contributed by atoms with Gasteiger partial charge in [-0.05, 0) is 32.9 Å².